The first-order valence-corrected chi connectivity index (χ1v) is 11.6. The lowest BCUT2D eigenvalue weighted by atomic mass is 10.3. The first-order chi connectivity index (χ1) is 16.1. The number of nitrogens with zero attached hydrogens (tertiary/aromatic N) is 1. The van der Waals surface area contributed by atoms with Gasteiger partial charge in [-0.15, -0.1) is 13.2 Å². The van der Waals surface area contributed by atoms with E-state index >= 15 is 0 Å². The fraction of sp³-hybridized carbons (Fsp3) is 0.636. The number of primary amides is 1. The van der Waals surface area contributed by atoms with Crippen molar-refractivity contribution >= 4 is 35.4 Å². The number of nitrogens with two attached hydrogens (primary N) is 1. The molecule has 0 atom stereocenters. The normalized spacial score (nSPS) is 8.29. The molecular weight excluding hydrogens is 456 g/mol. The number of rotatable bonds is 10. The Morgan fingerprint density at radius 1 is 0.824 bits per heavy atom. The monoisotopic (exact) mass is 504 g/mol. The van der Waals surface area contributed by atoms with Gasteiger partial charge in [0.05, 0.1) is 0 Å². The molecule has 12 heteroatoms. The number of carbonyl (C=O) groups is 3. The van der Waals surface area contributed by atoms with Gasteiger partial charge in [0.15, 0.2) is 5.11 Å². The summed E-state index contributed by atoms with van der Waals surface area (Å²) in [5, 5.41) is 17.0. The molecule has 0 aromatic heterocycles. The van der Waals surface area contributed by atoms with Gasteiger partial charge in [0, 0.05) is 54.4 Å². The highest BCUT2D eigenvalue weighted by Gasteiger charge is 1.92. The number of amides is 6. The van der Waals surface area contributed by atoms with E-state index in [1.54, 1.807) is 40.3 Å². The van der Waals surface area contributed by atoms with Crippen LogP contribution in [0.25, 0.3) is 0 Å². The highest BCUT2D eigenvalue weighted by molar-refractivity contribution is 7.80. The number of nitrogens with one attached hydrogen (secondary N) is 6. The average molecular weight is 505 g/mol. The topological polar surface area (TPSA) is 153 Å². The highest BCUT2D eigenvalue weighted by atomic mass is 32.1. The molecule has 6 amide bonds. The fourth-order valence-electron chi connectivity index (χ4n) is 1.34. The van der Waals surface area contributed by atoms with E-state index in [9.17, 15) is 14.4 Å². The van der Waals surface area contributed by atoms with Gasteiger partial charge in [-0.25, -0.2) is 14.4 Å². The summed E-state index contributed by atoms with van der Waals surface area (Å²) in [6.45, 7) is 14.2. The largest absolute Gasteiger partial charge is 0.363 e. The molecule has 0 fully saturated rings. The minimum absolute atomic E-state index is 0.157. The number of carbonyl (C=O) groups excluding carboxylic acids is 3. The molecule has 0 saturated carbocycles. The van der Waals surface area contributed by atoms with Crippen LogP contribution in [0.1, 0.15) is 39.5 Å². The molecule has 0 unspecified atom stereocenters. The van der Waals surface area contributed by atoms with Crippen LogP contribution in [0, 0.1) is 0 Å². The molecule has 11 nitrogen and oxygen atoms in total. The zero-order chi connectivity index (χ0) is 27.2. The van der Waals surface area contributed by atoms with Gasteiger partial charge in [0.2, 0.25) is 0 Å². The van der Waals surface area contributed by atoms with Crippen molar-refractivity contribution in [1.82, 2.24) is 36.8 Å². The molecule has 0 aliphatic rings. The third-order valence-electron chi connectivity index (χ3n) is 3.34. The minimum Gasteiger partial charge on any atom is -0.363 e. The summed E-state index contributed by atoms with van der Waals surface area (Å²) in [4.78, 5) is 31.8. The smallest absolute Gasteiger partial charge is 0.315 e. The predicted octanol–water partition coefficient (Wildman–Crippen LogP) is 1.88. The van der Waals surface area contributed by atoms with Gasteiger partial charge in [-0.05, 0) is 25.1 Å². The molecule has 0 bridgehead atoms. The molecule has 34 heavy (non-hydrogen) atoms. The number of hydrogen-bond acceptors (Lipinski definition) is 4. The molecule has 0 aliphatic carbocycles. The van der Waals surface area contributed by atoms with Gasteiger partial charge in [-0.3, -0.25) is 0 Å². The third-order valence-corrected chi connectivity index (χ3v) is 3.63. The van der Waals surface area contributed by atoms with Crippen molar-refractivity contribution in [3.05, 3.63) is 25.3 Å². The van der Waals surface area contributed by atoms with Gasteiger partial charge < -0.3 is 42.5 Å². The van der Waals surface area contributed by atoms with Gasteiger partial charge in [0.25, 0.3) is 0 Å². The zero-order valence-electron chi connectivity index (χ0n) is 21.9. The molecule has 200 valence electrons. The summed E-state index contributed by atoms with van der Waals surface area (Å²) in [5.74, 6) is 0. The van der Waals surface area contributed by atoms with E-state index in [1.807, 2.05) is 0 Å². The summed E-state index contributed by atoms with van der Waals surface area (Å²) < 4.78 is 0. The van der Waals surface area contributed by atoms with Crippen molar-refractivity contribution in [2.75, 3.05) is 54.4 Å². The number of thiocarbonyl (C=S) groups is 1. The van der Waals surface area contributed by atoms with Gasteiger partial charge in [-0.2, -0.15) is 0 Å². The Morgan fingerprint density at radius 2 is 1.18 bits per heavy atom. The predicted molar refractivity (Wildman–Crippen MR) is 147 cm³/mol. The number of hydrogen-bond donors (Lipinski definition) is 7. The van der Waals surface area contributed by atoms with Crippen LogP contribution >= 0.6 is 12.2 Å². The van der Waals surface area contributed by atoms with Crippen LogP contribution in [0.3, 0.4) is 0 Å². The van der Waals surface area contributed by atoms with E-state index in [4.69, 9.17) is 18.0 Å². The summed E-state index contributed by atoms with van der Waals surface area (Å²) in [6.07, 6.45) is 8.04. The Balaban J connectivity index is -0.000000185. The molecule has 0 radical (unpaired) electrons. The third kappa shape index (κ3) is 43.0. The Labute approximate surface area is 211 Å². The van der Waals surface area contributed by atoms with Crippen LogP contribution in [-0.2, 0) is 0 Å². The van der Waals surface area contributed by atoms with Crippen molar-refractivity contribution in [2.45, 2.75) is 39.5 Å². The van der Waals surface area contributed by atoms with Crippen molar-refractivity contribution in [3.63, 3.8) is 0 Å². The average Bonchev–Trinajstić information content (AvgIpc) is 2.82. The van der Waals surface area contributed by atoms with Crippen LogP contribution in [0.2, 0.25) is 0 Å². The van der Waals surface area contributed by atoms with Crippen molar-refractivity contribution in [1.29, 1.82) is 0 Å². The molecule has 8 N–H and O–H groups in total. The number of unbranched alkanes of at least 4 members (excludes halogenated alkanes) is 2. The standard InChI is InChI=1S/C9H20N2S.C7H12N2O.2C3H8N2O/c1-3-5-7-10-9(12)11-8-6-4-2;1-3-5-8-7(10)9-6-4-2;1-5(2)3(4)6;1-4-3(6)5-2/h3-8H2,1-2H3,(H2,10,11,12);3-4H,1-2,5-6H2,(H2,8,9,10);1-2H3,(H2,4,6);1-2H3,(H2,4,5,6). The minimum atomic E-state index is -0.407. The Kier molecular flexibility index (Phi) is 36.2. The van der Waals surface area contributed by atoms with Gasteiger partial charge in [-0.1, -0.05) is 38.8 Å². The lowest BCUT2D eigenvalue weighted by Crippen LogP contribution is -2.36. The molecular formula is C22H48N8O3S. The first-order valence-electron chi connectivity index (χ1n) is 11.2. The highest BCUT2D eigenvalue weighted by Crippen LogP contribution is 1.84. The van der Waals surface area contributed by atoms with E-state index in [0.29, 0.717) is 13.1 Å². The van der Waals surface area contributed by atoms with E-state index in [0.717, 1.165) is 18.2 Å². The fourth-order valence-corrected chi connectivity index (χ4v) is 1.54. The Hall–Kier alpha value is -3.02. The maximum absolute atomic E-state index is 10.6. The van der Waals surface area contributed by atoms with Crippen LogP contribution in [-0.4, -0.2) is 82.5 Å². The molecule has 0 heterocycles. The van der Waals surface area contributed by atoms with Crippen LogP contribution in [0.15, 0.2) is 25.3 Å². The molecule has 0 aliphatic heterocycles. The first kappa shape index (κ1) is 38.3. The van der Waals surface area contributed by atoms with Gasteiger partial charge >= 0.3 is 18.1 Å². The van der Waals surface area contributed by atoms with E-state index < -0.39 is 6.03 Å². The molecule has 0 rings (SSSR count). The second-order valence-corrected chi connectivity index (χ2v) is 7.03. The quantitative estimate of drug-likeness (QED) is 0.137. The molecule has 0 spiro atoms. The maximum atomic E-state index is 10.6. The van der Waals surface area contributed by atoms with E-state index in [2.05, 4.69) is 58.9 Å². The van der Waals surface area contributed by atoms with Crippen LogP contribution in [0.5, 0.6) is 0 Å². The molecule has 0 aromatic rings. The van der Waals surface area contributed by atoms with E-state index in [1.165, 1.54) is 30.6 Å². The Bertz CT molecular complexity index is 512. The van der Waals surface area contributed by atoms with Gasteiger partial charge in [0.1, 0.15) is 0 Å². The second kappa shape index (κ2) is 32.2. The Morgan fingerprint density at radius 3 is 1.38 bits per heavy atom. The van der Waals surface area contributed by atoms with Crippen molar-refractivity contribution < 1.29 is 14.4 Å². The zero-order valence-corrected chi connectivity index (χ0v) is 22.7. The second-order valence-electron chi connectivity index (χ2n) is 6.62. The molecule has 0 aromatic carbocycles. The molecule has 0 saturated heterocycles. The van der Waals surface area contributed by atoms with E-state index in [-0.39, 0.29) is 12.1 Å². The SMILES string of the molecule is C=CCNC(=O)NCC=C.CCCCNC(=S)NCCCC.CN(C)C(N)=O.CNC(=O)NC. The lowest BCUT2D eigenvalue weighted by Gasteiger charge is -2.08. The maximum Gasteiger partial charge on any atom is 0.315 e. The van der Waals surface area contributed by atoms with Crippen molar-refractivity contribution in [2.24, 2.45) is 5.73 Å². The lowest BCUT2D eigenvalue weighted by molar-refractivity contribution is 0.227. The van der Waals surface area contributed by atoms with Crippen LogP contribution < -0.4 is 37.6 Å². The summed E-state index contributed by atoms with van der Waals surface area (Å²) >= 11 is 5.06. The summed E-state index contributed by atoms with van der Waals surface area (Å²) in [6, 6.07) is -0.759. The summed E-state index contributed by atoms with van der Waals surface area (Å²) in [7, 11) is 6.34. The van der Waals surface area contributed by atoms with Crippen molar-refractivity contribution in [3.8, 4) is 0 Å². The summed E-state index contributed by atoms with van der Waals surface area (Å²) in [5.41, 5.74) is 4.72. The number of urea groups is 3. The van der Waals surface area contributed by atoms with Crippen LogP contribution in [0.4, 0.5) is 14.4 Å².